The summed E-state index contributed by atoms with van der Waals surface area (Å²) in [7, 11) is 0. The summed E-state index contributed by atoms with van der Waals surface area (Å²) in [5.74, 6) is -0.0458. The van der Waals surface area contributed by atoms with E-state index in [0.717, 1.165) is 22.3 Å². The molecule has 0 atom stereocenters. The normalized spacial score (nSPS) is 9.59. The Kier molecular flexibility index (Phi) is 5.07. The molecule has 0 radical (unpaired) electrons. The lowest BCUT2D eigenvalue weighted by atomic mass is 10.3. The van der Waals surface area contributed by atoms with Crippen LogP contribution in [0, 0.1) is 22.7 Å². The minimum atomic E-state index is -0.0458. The van der Waals surface area contributed by atoms with E-state index in [4.69, 9.17) is 10.5 Å². The van der Waals surface area contributed by atoms with E-state index in [2.05, 4.69) is 15.6 Å². The molecule has 1 aromatic carbocycles. The van der Waals surface area contributed by atoms with Crippen LogP contribution >= 0.6 is 11.3 Å². The predicted molar refractivity (Wildman–Crippen MR) is 86.1 cm³/mol. The van der Waals surface area contributed by atoms with E-state index < -0.39 is 0 Å². The standard InChI is InChI=1S/C15H13N5OS/c1-2-3-14(21)20-15-19-12-5-4-11(6-13(12)22-15)18-9-10(7-16)8-17/h4-6,9,18H,2-3H2,1H3,(H,19,20,21). The maximum absolute atomic E-state index is 11.6. The second kappa shape index (κ2) is 7.21. The third kappa shape index (κ3) is 3.81. The number of nitrogens with one attached hydrogen (secondary N) is 2. The summed E-state index contributed by atoms with van der Waals surface area (Å²) in [4.78, 5) is 15.9. The summed E-state index contributed by atoms with van der Waals surface area (Å²) < 4.78 is 0.903. The zero-order valence-electron chi connectivity index (χ0n) is 11.9. The van der Waals surface area contributed by atoms with Crippen molar-refractivity contribution >= 4 is 38.3 Å². The minimum Gasteiger partial charge on any atom is -0.360 e. The van der Waals surface area contributed by atoms with E-state index in [9.17, 15) is 4.79 Å². The van der Waals surface area contributed by atoms with Crippen molar-refractivity contribution in [2.75, 3.05) is 10.6 Å². The third-order valence-electron chi connectivity index (χ3n) is 2.74. The number of hydrogen-bond donors (Lipinski definition) is 2. The van der Waals surface area contributed by atoms with Crippen LogP contribution in [0.15, 0.2) is 30.0 Å². The van der Waals surface area contributed by atoms with Crippen molar-refractivity contribution in [3.63, 3.8) is 0 Å². The van der Waals surface area contributed by atoms with Gasteiger partial charge in [-0.1, -0.05) is 18.3 Å². The number of anilines is 2. The molecule has 22 heavy (non-hydrogen) atoms. The Bertz CT molecular complexity index is 793. The van der Waals surface area contributed by atoms with Crippen LogP contribution in [-0.4, -0.2) is 10.9 Å². The van der Waals surface area contributed by atoms with Gasteiger partial charge in [0, 0.05) is 18.3 Å². The van der Waals surface area contributed by atoms with Gasteiger partial charge in [0.05, 0.1) is 10.2 Å². The molecule has 1 heterocycles. The van der Waals surface area contributed by atoms with E-state index in [0.29, 0.717) is 11.6 Å². The number of carbonyl (C=O) groups is 1. The fraction of sp³-hybridized carbons (Fsp3) is 0.200. The van der Waals surface area contributed by atoms with Gasteiger partial charge in [0.15, 0.2) is 5.13 Å². The van der Waals surface area contributed by atoms with Crippen LogP contribution < -0.4 is 10.6 Å². The lowest BCUT2D eigenvalue weighted by molar-refractivity contribution is -0.116. The average Bonchev–Trinajstić information content (AvgIpc) is 2.89. The number of aromatic nitrogens is 1. The van der Waals surface area contributed by atoms with E-state index >= 15 is 0 Å². The SMILES string of the molecule is CCCC(=O)Nc1nc2ccc(NC=C(C#N)C#N)cc2s1. The molecule has 0 saturated heterocycles. The van der Waals surface area contributed by atoms with Crippen molar-refractivity contribution in [1.29, 1.82) is 10.5 Å². The van der Waals surface area contributed by atoms with Crippen molar-refractivity contribution in [3.05, 3.63) is 30.0 Å². The molecule has 0 aliphatic rings. The molecule has 1 amide bonds. The van der Waals surface area contributed by atoms with Crippen LogP contribution in [0.25, 0.3) is 10.2 Å². The third-order valence-corrected chi connectivity index (χ3v) is 3.67. The summed E-state index contributed by atoms with van der Waals surface area (Å²) in [6, 6.07) is 9.02. The van der Waals surface area contributed by atoms with Gasteiger partial charge in [-0.2, -0.15) is 10.5 Å². The van der Waals surface area contributed by atoms with Gasteiger partial charge in [-0.3, -0.25) is 4.79 Å². The van der Waals surface area contributed by atoms with Gasteiger partial charge in [-0.25, -0.2) is 4.98 Å². The van der Waals surface area contributed by atoms with E-state index in [1.165, 1.54) is 17.5 Å². The highest BCUT2D eigenvalue weighted by atomic mass is 32.1. The molecule has 2 rings (SSSR count). The molecule has 6 nitrogen and oxygen atoms in total. The van der Waals surface area contributed by atoms with Crippen molar-refractivity contribution < 1.29 is 4.79 Å². The first-order valence-corrected chi connectivity index (χ1v) is 7.45. The molecule has 0 saturated carbocycles. The number of allylic oxidation sites excluding steroid dienone is 1. The molecule has 7 heteroatoms. The van der Waals surface area contributed by atoms with Crippen LogP contribution in [0.4, 0.5) is 10.8 Å². The number of hydrogen-bond acceptors (Lipinski definition) is 6. The number of amides is 1. The Labute approximate surface area is 131 Å². The van der Waals surface area contributed by atoms with Gasteiger partial charge in [0.25, 0.3) is 0 Å². The second-order valence-electron chi connectivity index (χ2n) is 4.43. The van der Waals surface area contributed by atoms with Crippen molar-refractivity contribution in [2.45, 2.75) is 19.8 Å². The molecular formula is C15H13N5OS. The Morgan fingerprint density at radius 1 is 1.41 bits per heavy atom. The minimum absolute atomic E-state index is 0.00285. The summed E-state index contributed by atoms with van der Waals surface area (Å²) >= 11 is 1.38. The highest BCUT2D eigenvalue weighted by Crippen LogP contribution is 2.28. The van der Waals surface area contributed by atoms with Crippen molar-refractivity contribution in [2.24, 2.45) is 0 Å². The number of carbonyl (C=O) groups excluding carboxylic acids is 1. The molecule has 0 unspecified atom stereocenters. The van der Waals surface area contributed by atoms with E-state index in [1.807, 2.05) is 19.1 Å². The predicted octanol–water partition coefficient (Wildman–Crippen LogP) is 3.38. The first-order chi connectivity index (χ1) is 10.7. The number of rotatable bonds is 5. The van der Waals surface area contributed by atoms with Crippen LogP contribution in [0.3, 0.4) is 0 Å². The van der Waals surface area contributed by atoms with Gasteiger partial charge in [-0.15, -0.1) is 0 Å². The van der Waals surface area contributed by atoms with Gasteiger partial charge < -0.3 is 10.6 Å². The number of fused-ring (bicyclic) bond motifs is 1. The zero-order valence-corrected chi connectivity index (χ0v) is 12.7. The molecule has 0 bridgehead atoms. The Hall–Kier alpha value is -2.90. The van der Waals surface area contributed by atoms with Gasteiger partial charge >= 0.3 is 0 Å². The summed E-state index contributed by atoms with van der Waals surface area (Å²) in [5.41, 5.74) is 1.52. The molecule has 2 aromatic rings. The first-order valence-electron chi connectivity index (χ1n) is 6.63. The number of thiazole rings is 1. The van der Waals surface area contributed by atoms with E-state index in [-0.39, 0.29) is 11.5 Å². The number of benzene rings is 1. The largest absolute Gasteiger partial charge is 0.360 e. The molecule has 110 valence electrons. The highest BCUT2D eigenvalue weighted by Gasteiger charge is 2.07. The van der Waals surface area contributed by atoms with Crippen LogP contribution in [-0.2, 0) is 4.79 Å². The quantitative estimate of drug-likeness (QED) is 0.824. The molecule has 0 spiro atoms. The fourth-order valence-electron chi connectivity index (χ4n) is 1.72. The molecular weight excluding hydrogens is 298 g/mol. The van der Waals surface area contributed by atoms with Gasteiger partial charge in [0.1, 0.15) is 17.7 Å². The Morgan fingerprint density at radius 2 is 2.18 bits per heavy atom. The summed E-state index contributed by atoms with van der Waals surface area (Å²) in [5, 5.41) is 23.6. The van der Waals surface area contributed by atoms with Crippen LogP contribution in [0.5, 0.6) is 0 Å². The van der Waals surface area contributed by atoms with Crippen molar-refractivity contribution in [1.82, 2.24) is 4.98 Å². The zero-order chi connectivity index (χ0) is 15.9. The van der Waals surface area contributed by atoms with Gasteiger partial charge in [-0.05, 0) is 24.6 Å². The second-order valence-corrected chi connectivity index (χ2v) is 5.46. The summed E-state index contributed by atoms with van der Waals surface area (Å²) in [6.45, 7) is 1.94. The molecule has 1 aromatic heterocycles. The lowest BCUT2D eigenvalue weighted by Crippen LogP contribution is -2.09. The fourth-order valence-corrected chi connectivity index (χ4v) is 2.64. The summed E-state index contributed by atoms with van der Waals surface area (Å²) in [6.07, 6.45) is 2.61. The average molecular weight is 311 g/mol. The highest BCUT2D eigenvalue weighted by molar-refractivity contribution is 7.22. The van der Waals surface area contributed by atoms with Crippen LogP contribution in [0.1, 0.15) is 19.8 Å². The maximum Gasteiger partial charge on any atom is 0.226 e. The number of nitrogens with zero attached hydrogens (tertiary/aromatic N) is 3. The molecule has 2 N–H and O–H groups in total. The smallest absolute Gasteiger partial charge is 0.226 e. The maximum atomic E-state index is 11.6. The van der Waals surface area contributed by atoms with Crippen LogP contribution in [0.2, 0.25) is 0 Å². The number of nitriles is 2. The topological polar surface area (TPSA) is 102 Å². The first kappa shape index (κ1) is 15.5. The lowest BCUT2D eigenvalue weighted by Gasteiger charge is -1.99. The molecule has 0 aliphatic heterocycles. The van der Waals surface area contributed by atoms with Gasteiger partial charge in [0.2, 0.25) is 5.91 Å². The Balaban J connectivity index is 2.18. The molecule has 0 fully saturated rings. The molecule has 0 aliphatic carbocycles. The van der Waals surface area contributed by atoms with E-state index in [1.54, 1.807) is 18.2 Å². The van der Waals surface area contributed by atoms with Crippen molar-refractivity contribution in [3.8, 4) is 12.1 Å². The monoisotopic (exact) mass is 311 g/mol. The Morgan fingerprint density at radius 3 is 2.86 bits per heavy atom.